The Bertz CT molecular complexity index is 1560. The van der Waals surface area contributed by atoms with E-state index in [0.717, 1.165) is 104 Å². The third-order valence-electron chi connectivity index (χ3n) is 12.2. The Morgan fingerprint density at radius 3 is 1.66 bits per heavy atom. The fourth-order valence-electron chi connectivity index (χ4n) is 8.27. The number of carbonyl (C=O) groups is 1. The monoisotopic (exact) mass is 906 g/mol. The highest BCUT2D eigenvalue weighted by Crippen LogP contribution is 2.24. The van der Waals surface area contributed by atoms with Crippen LogP contribution in [0.3, 0.4) is 0 Å². The second-order valence-electron chi connectivity index (χ2n) is 17.1. The molecule has 8 nitrogen and oxygen atoms in total. The Morgan fingerprint density at radius 2 is 1.13 bits per heavy atom. The van der Waals surface area contributed by atoms with Crippen molar-refractivity contribution in [1.29, 1.82) is 0 Å². The maximum atomic E-state index is 11.5. The molecule has 3 aromatic carbocycles. The van der Waals surface area contributed by atoms with Gasteiger partial charge in [0.2, 0.25) is 0 Å². The third-order valence-corrected chi connectivity index (χ3v) is 12.7. The average molecular weight is 907 g/mol. The van der Waals surface area contributed by atoms with E-state index in [1.54, 1.807) is 0 Å². The lowest BCUT2D eigenvalue weighted by Gasteiger charge is -2.33. The number of halogens is 1. The van der Waals surface area contributed by atoms with Crippen molar-refractivity contribution in [3.8, 4) is 17.2 Å². The molecule has 0 spiro atoms. The summed E-state index contributed by atoms with van der Waals surface area (Å²) in [6, 6.07) is 24.7. The number of carbonyl (C=O) groups excluding carboxylic acids is 1. The zero-order valence-electron chi connectivity index (χ0n) is 38.6. The van der Waals surface area contributed by atoms with E-state index in [-0.39, 0.29) is 11.9 Å². The van der Waals surface area contributed by atoms with Crippen LogP contribution >= 0.6 is 15.9 Å². The molecule has 9 heteroatoms. The van der Waals surface area contributed by atoms with Crippen LogP contribution in [0.15, 0.2) is 77.3 Å². The Kier molecular flexibility index (Phi) is 25.1. The molecule has 61 heavy (non-hydrogen) atoms. The number of nitrogens with zero attached hydrogens (tertiary/aromatic N) is 3. The molecule has 3 heterocycles. The topological polar surface area (TPSA) is 63.7 Å². The summed E-state index contributed by atoms with van der Waals surface area (Å²) >= 11 is 3.42. The maximum Gasteiger partial charge on any atom is 0.162 e. The van der Waals surface area contributed by atoms with E-state index in [0.29, 0.717) is 6.42 Å². The van der Waals surface area contributed by atoms with Crippen molar-refractivity contribution in [2.45, 2.75) is 130 Å². The first-order chi connectivity index (χ1) is 29.8. The molecule has 3 aliphatic rings. The van der Waals surface area contributed by atoms with Crippen molar-refractivity contribution in [2.75, 3.05) is 78.8 Å². The van der Waals surface area contributed by atoms with Gasteiger partial charge in [0, 0.05) is 48.7 Å². The van der Waals surface area contributed by atoms with Crippen LogP contribution in [0.4, 0.5) is 0 Å². The van der Waals surface area contributed by atoms with Crippen LogP contribution in [0.5, 0.6) is 17.2 Å². The number of rotatable bonds is 21. The molecule has 2 atom stereocenters. The predicted octanol–water partition coefficient (Wildman–Crippen LogP) is 12.3. The summed E-state index contributed by atoms with van der Waals surface area (Å²) in [6.07, 6.45) is 15.9. The van der Waals surface area contributed by atoms with Crippen LogP contribution in [0.25, 0.3) is 0 Å². The predicted molar refractivity (Wildman–Crippen MR) is 257 cm³/mol. The van der Waals surface area contributed by atoms with Crippen LogP contribution in [-0.2, 0) is 4.74 Å². The van der Waals surface area contributed by atoms with E-state index in [4.69, 9.17) is 18.9 Å². The van der Waals surface area contributed by atoms with Gasteiger partial charge in [-0.3, -0.25) is 4.79 Å². The highest BCUT2D eigenvalue weighted by atomic mass is 79.9. The summed E-state index contributed by atoms with van der Waals surface area (Å²) in [4.78, 5) is 19.2. The second-order valence-corrected chi connectivity index (χ2v) is 18.0. The molecule has 0 bridgehead atoms. The quantitative estimate of drug-likeness (QED) is 0.0774. The smallest absolute Gasteiger partial charge is 0.162 e. The number of ether oxygens (including phenoxy) is 4. The zero-order valence-corrected chi connectivity index (χ0v) is 40.2. The van der Waals surface area contributed by atoms with Gasteiger partial charge in [-0.15, -0.1) is 0 Å². The van der Waals surface area contributed by atoms with Crippen LogP contribution in [0, 0.1) is 5.92 Å². The molecule has 3 saturated heterocycles. The summed E-state index contributed by atoms with van der Waals surface area (Å²) in [6.45, 7) is 23.6. The van der Waals surface area contributed by atoms with Gasteiger partial charge in [-0.1, -0.05) is 61.7 Å². The van der Waals surface area contributed by atoms with Crippen molar-refractivity contribution < 1.29 is 23.7 Å². The number of benzene rings is 3. The number of hydrogen-bond donors (Lipinski definition) is 0. The van der Waals surface area contributed by atoms with E-state index in [2.05, 4.69) is 75.7 Å². The first-order valence-corrected chi connectivity index (χ1v) is 24.7. The zero-order chi connectivity index (χ0) is 43.5. The maximum absolute atomic E-state index is 11.5. The molecule has 2 unspecified atom stereocenters. The van der Waals surface area contributed by atoms with Gasteiger partial charge in [-0.05, 0) is 183 Å². The molecule has 0 aromatic heterocycles. The summed E-state index contributed by atoms with van der Waals surface area (Å²) in [5.74, 6) is 3.86. The van der Waals surface area contributed by atoms with Crippen molar-refractivity contribution in [3.63, 3.8) is 0 Å². The summed E-state index contributed by atoms with van der Waals surface area (Å²) in [5.41, 5.74) is 2.01. The van der Waals surface area contributed by atoms with Gasteiger partial charge in [0.25, 0.3) is 0 Å². The normalized spacial score (nSPS) is 18.2. The summed E-state index contributed by atoms with van der Waals surface area (Å²) in [7, 11) is 0. The van der Waals surface area contributed by atoms with E-state index in [1.165, 1.54) is 96.2 Å². The van der Waals surface area contributed by atoms with E-state index in [9.17, 15) is 4.79 Å². The van der Waals surface area contributed by atoms with Gasteiger partial charge in [0.1, 0.15) is 17.2 Å². The van der Waals surface area contributed by atoms with Gasteiger partial charge in [-0.2, -0.15) is 0 Å². The molecule has 0 saturated carbocycles. The minimum absolute atomic E-state index is 0.181. The van der Waals surface area contributed by atoms with Gasteiger partial charge < -0.3 is 33.6 Å². The van der Waals surface area contributed by atoms with Crippen molar-refractivity contribution in [2.24, 2.45) is 5.92 Å². The lowest BCUT2D eigenvalue weighted by atomic mass is 9.99. The average Bonchev–Trinajstić information content (AvgIpc) is 3.30. The summed E-state index contributed by atoms with van der Waals surface area (Å²) < 4.78 is 24.2. The summed E-state index contributed by atoms with van der Waals surface area (Å²) in [5, 5.41) is 0. The van der Waals surface area contributed by atoms with Gasteiger partial charge in [0.15, 0.2) is 5.78 Å². The van der Waals surface area contributed by atoms with Gasteiger partial charge >= 0.3 is 0 Å². The number of hydrogen-bond acceptors (Lipinski definition) is 8. The van der Waals surface area contributed by atoms with Crippen molar-refractivity contribution in [1.82, 2.24) is 14.7 Å². The Morgan fingerprint density at radius 1 is 0.623 bits per heavy atom. The van der Waals surface area contributed by atoms with E-state index in [1.807, 2.05) is 62.4 Å². The third kappa shape index (κ3) is 20.4. The number of ketones is 1. The highest BCUT2D eigenvalue weighted by molar-refractivity contribution is 9.10. The fourth-order valence-corrected chi connectivity index (χ4v) is 8.54. The largest absolute Gasteiger partial charge is 0.494 e. The molecule has 0 aliphatic carbocycles. The highest BCUT2D eigenvalue weighted by Gasteiger charge is 2.18. The van der Waals surface area contributed by atoms with Gasteiger partial charge in [0.05, 0.1) is 25.9 Å². The Balaban J connectivity index is 0.000000204. The number of Topliss-reactive ketones (excluding diaryl/α,β-unsaturated/α-hetero) is 1. The molecular weight excluding hydrogens is 826 g/mol. The minimum Gasteiger partial charge on any atom is -0.494 e. The van der Waals surface area contributed by atoms with Crippen LogP contribution in [0.2, 0.25) is 0 Å². The van der Waals surface area contributed by atoms with Crippen LogP contribution < -0.4 is 14.2 Å². The van der Waals surface area contributed by atoms with E-state index >= 15 is 0 Å². The molecule has 6 rings (SSSR count). The van der Waals surface area contributed by atoms with Crippen LogP contribution in [0.1, 0.15) is 140 Å². The van der Waals surface area contributed by atoms with Crippen LogP contribution in [-0.4, -0.2) is 105 Å². The molecular formula is C52H80BrN3O5. The Labute approximate surface area is 379 Å². The minimum atomic E-state index is 0.181. The fraction of sp³-hybridized carbons (Fsp3) is 0.635. The standard InChI is InChI=1S/C20H33NO2.C18H27NO2.C14H20BrNO/c1-4-20(22-5-2)18-10-12-19(13-11-18)23-16-8-15-21-14-7-6-9-17(21)3;1-3-18(20)16-5-7-17(8-6-16)21-14-4-11-19-12-9-15(2)10-13-19;15-13-5-7-14(8-6-13)17-12-4-11-16-9-2-1-3-10-16/h10-13,17,20H,4-9,14-16H2,1-3H3;5-8,15H,3-4,9-14H2,1-2H3;5-8H,1-4,9-12H2. The lowest BCUT2D eigenvalue weighted by Crippen LogP contribution is -2.38. The number of piperidine rings is 3. The van der Waals surface area contributed by atoms with E-state index < -0.39 is 0 Å². The molecule has 3 fully saturated rings. The SMILES string of the molecule is Brc1ccc(OCCCN2CCCCC2)cc1.CCC(=O)c1ccc(OCCCN2CCC(C)CC2)cc1.CCOC(CC)c1ccc(OCCCN2CCCCC2C)cc1. The first kappa shape index (κ1) is 50.7. The van der Waals surface area contributed by atoms with Crippen molar-refractivity contribution >= 4 is 21.7 Å². The van der Waals surface area contributed by atoms with Crippen molar-refractivity contribution in [3.05, 3.63) is 88.4 Å². The molecule has 0 amide bonds. The molecule has 3 aromatic rings. The first-order valence-electron chi connectivity index (χ1n) is 23.9. The molecule has 0 N–H and O–H groups in total. The molecule has 3 aliphatic heterocycles. The van der Waals surface area contributed by atoms with Gasteiger partial charge in [-0.25, -0.2) is 0 Å². The second kappa shape index (κ2) is 30.2. The lowest BCUT2D eigenvalue weighted by molar-refractivity contribution is 0.0598. The number of likely N-dealkylation sites (tertiary alicyclic amines) is 3. The Hall–Kier alpha value is -2.95. The molecule has 340 valence electrons. The molecule has 0 radical (unpaired) electrons.